The number of carbonyl (C=O) groups excluding carboxylic acids is 1. The molecular formula is C18H23N3O6. The smallest absolute Gasteiger partial charge is 0.410 e. The third kappa shape index (κ3) is 4.66. The molecule has 3 rings (SSSR count). The first-order valence-electron chi connectivity index (χ1n) is 8.90. The molecule has 0 N–H and O–H groups in total. The largest absolute Gasteiger partial charge is 0.448 e. The summed E-state index contributed by atoms with van der Waals surface area (Å²) in [4.78, 5) is 28.6. The van der Waals surface area contributed by atoms with Crippen LogP contribution in [0, 0.1) is 10.1 Å². The molecule has 0 unspecified atom stereocenters. The zero-order valence-electron chi connectivity index (χ0n) is 15.6. The third-order valence-corrected chi connectivity index (χ3v) is 4.22. The molecule has 9 heteroatoms. The maximum Gasteiger partial charge on any atom is 0.410 e. The number of amides is 1. The number of non-ortho nitro benzene ring substituents is 1. The van der Waals surface area contributed by atoms with Crippen molar-refractivity contribution in [3.63, 3.8) is 0 Å². The van der Waals surface area contributed by atoms with Crippen molar-refractivity contribution in [2.75, 3.05) is 13.2 Å². The maximum absolute atomic E-state index is 12.4. The second-order valence-corrected chi connectivity index (χ2v) is 7.52. The van der Waals surface area contributed by atoms with Gasteiger partial charge in [-0.05, 0) is 46.1 Å². The van der Waals surface area contributed by atoms with Crippen LogP contribution >= 0.6 is 0 Å². The molecule has 1 saturated heterocycles. The molecule has 27 heavy (non-hydrogen) atoms. The summed E-state index contributed by atoms with van der Waals surface area (Å²) in [5.74, 6) is 0. The molecule has 9 nitrogen and oxygen atoms in total. The molecule has 0 radical (unpaired) electrons. The van der Waals surface area contributed by atoms with Crippen molar-refractivity contribution in [2.24, 2.45) is 0 Å². The van der Waals surface area contributed by atoms with Gasteiger partial charge in [-0.25, -0.2) is 4.79 Å². The average Bonchev–Trinajstić information content (AvgIpc) is 3.00. The molecule has 0 aliphatic carbocycles. The first kappa shape index (κ1) is 18.9. The van der Waals surface area contributed by atoms with Crippen LogP contribution in [0.1, 0.15) is 40.0 Å². The average molecular weight is 377 g/mol. The van der Waals surface area contributed by atoms with Crippen molar-refractivity contribution in [1.29, 1.82) is 0 Å². The second-order valence-electron chi connectivity index (χ2n) is 7.52. The number of nitro benzene ring substituents is 1. The van der Waals surface area contributed by atoms with Crippen molar-refractivity contribution < 1.29 is 23.6 Å². The zero-order valence-corrected chi connectivity index (χ0v) is 15.6. The Morgan fingerprint density at radius 3 is 2.89 bits per heavy atom. The highest BCUT2D eigenvalue weighted by molar-refractivity contribution is 5.76. The Kier molecular flexibility index (Phi) is 5.20. The fourth-order valence-electron chi connectivity index (χ4n) is 2.97. The van der Waals surface area contributed by atoms with Gasteiger partial charge in [-0.2, -0.15) is 4.98 Å². The number of piperidine rings is 1. The van der Waals surface area contributed by atoms with E-state index in [0.717, 1.165) is 19.3 Å². The Bertz CT molecular complexity index is 841. The minimum Gasteiger partial charge on any atom is -0.448 e. The maximum atomic E-state index is 12.4. The van der Waals surface area contributed by atoms with Crippen LogP contribution in [0.25, 0.3) is 11.1 Å². The van der Waals surface area contributed by atoms with E-state index in [1.54, 1.807) is 4.90 Å². The number of fused-ring (bicyclic) bond motifs is 1. The van der Waals surface area contributed by atoms with Crippen molar-refractivity contribution in [2.45, 2.75) is 51.7 Å². The Morgan fingerprint density at radius 2 is 2.19 bits per heavy atom. The molecule has 146 valence electrons. The second kappa shape index (κ2) is 7.42. The van der Waals surface area contributed by atoms with E-state index in [2.05, 4.69) is 4.98 Å². The molecule has 2 heterocycles. The normalized spacial score (nSPS) is 17.7. The van der Waals surface area contributed by atoms with Crippen LogP contribution in [0.2, 0.25) is 0 Å². The van der Waals surface area contributed by atoms with Gasteiger partial charge >= 0.3 is 12.2 Å². The van der Waals surface area contributed by atoms with Crippen LogP contribution in [0.5, 0.6) is 6.08 Å². The Balaban J connectivity index is 1.67. The molecule has 2 aromatic rings. The number of rotatable bonds is 4. The SMILES string of the molecule is CC(C)(C)OC(=O)N1CCCC[C@H]1COc1nc2cc([N+](=O)[O-])ccc2o1. The minimum atomic E-state index is -0.561. The van der Waals surface area contributed by atoms with Crippen LogP contribution in [0.4, 0.5) is 10.5 Å². The zero-order chi connectivity index (χ0) is 19.6. The predicted molar refractivity (Wildman–Crippen MR) is 96.7 cm³/mol. The molecule has 1 aliphatic rings. The van der Waals surface area contributed by atoms with E-state index < -0.39 is 10.5 Å². The van der Waals surface area contributed by atoms with E-state index in [-0.39, 0.29) is 30.5 Å². The number of carbonyl (C=O) groups is 1. The van der Waals surface area contributed by atoms with E-state index in [4.69, 9.17) is 13.9 Å². The van der Waals surface area contributed by atoms with Gasteiger partial charge in [0.1, 0.15) is 17.7 Å². The van der Waals surface area contributed by atoms with Crippen molar-refractivity contribution >= 4 is 22.9 Å². The summed E-state index contributed by atoms with van der Waals surface area (Å²) in [6.07, 6.45) is 2.38. The lowest BCUT2D eigenvalue weighted by Gasteiger charge is -2.36. The fourth-order valence-corrected chi connectivity index (χ4v) is 2.97. The Morgan fingerprint density at radius 1 is 1.41 bits per heavy atom. The number of benzene rings is 1. The van der Waals surface area contributed by atoms with Crippen molar-refractivity contribution in [3.05, 3.63) is 28.3 Å². The van der Waals surface area contributed by atoms with Gasteiger partial charge in [0.25, 0.3) is 5.69 Å². The van der Waals surface area contributed by atoms with E-state index in [1.165, 1.54) is 18.2 Å². The summed E-state index contributed by atoms with van der Waals surface area (Å²) in [5, 5.41) is 10.8. The highest BCUT2D eigenvalue weighted by atomic mass is 16.6. The van der Waals surface area contributed by atoms with Crippen LogP contribution in [-0.4, -0.2) is 45.7 Å². The Hall–Kier alpha value is -2.84. The van der Waals surface area contributed by atoms with Gasteiger partial charge in [-0.15, -0.1) is 0 Å². The standard InChI is InChI=1S/C18H23N3O6/c1-18(2,3)27-17(22)20-9-5-4-6-13(20)11-25-16-19-14-10-12(21(23)24)7-8-15(14)26-16/h7-8,10,13H,4-6,9,11H2,1-3H3/t13-/m0/s1. The topological polar surface area (TPSA) is 108 Å². The van der Waals surface area contributed by atoms with Crippen LogP contribution < -0.4 is 4.74 Å². The van der Waals surface area contributed by atoms with Gasteiger partial charge < -0.3 is 18.8 Å². The van der Waals surface area contributed by atoms with Crippen LogP contribution in [-0.2, 0) is 4.74 Å². The van der Waals surface area contributed by atoms with Crippen LogP contribution in [0.3, 0.4) is 0 Å². The lowest BCUT2D eigenvalue weighted by atomic mass is 10.0. The van der Waals surface area contributed by atoms with E-state index in [1.807, 2.05) is 20.8 Å². The van der Waals surface area contributed by atoms with E-state index in [0.29, 0.717) is 17.6 Å². The predicted octanol–water partition coefficient (Wildman–Crippen LogP) is 3.90. The molecule has 1 aromatic carbocycles. The molecular weight excluding hydrogens is 354 g/mol. The highest BCUT2D eigenvalue weighted by Crippen LogP contribution is 2.26. The van der Waals surface area contributed by atoms with Crippen molar-refractivity contribution in [3.8, 4) is 6.08 Å². The molecule has 0 spiro atoms. The van der Waals surface area contributed by atoms with E-state index in [9.17, 15) is 14.9 Å². The molecule has 1 aromatic heterocycles. The number of hydrogen-bond donors (Lipinski definition) is 0. The van der Waals surface area contributed by atoms with Gasteiger partial charge in [0, 0.05) is 18.7 Å². The summed E-state index contributed by atoms with van der Waals surface area (Å²) in [7, 11) is 0. The van der Waals surface area contributed by atoms with Gasteiger partial charge in [0.2, 0.25) is 0 Å². The lowest BCUT2D eigenvalue weighted by molar-refractivity contribution is -0.384. The molecule has 0 saturated carbocycles. The summed E-state index contributed by atoms with van der Waals surface area (Å²) < 4.78 is 16.6. The molecule has 0 bridgehead atoms. The lowest BCUT2D eigenvalue weighted by Crippen LogP contribution is -2.48. The van der Waals surface area contributed by atoms with Crippen LogP contribution in [0.15, 0.2) is 22.6 Å². The van der Waals surface area contributed by atoms with Gasteiger partial charge in [-0.1, -0.05) is 0 Å². The summed E-state index contributed by atoms with van der Waals surface area (Å²) in [5.41, 5.74) is 0.135. The van der Waals surface area contributed by atoms with Gasteiger partial charge in [0.15, 0.2) is 5.58 Å². The number of likely N-dealkylation sites (tertiary alicyclic amines) is 1. The molecule has 1 atom stereocenters. The molecule has 1 fully saturated rings. The van der Waals surface area contributed by atoms with E-state index >= 15 is 0 Å². The highest BCUT2D eigenvalue weighted by Gasteiger charge is 2.31. The van der Waals surface area contributed by atoms with Gasteiger partial charge in [0.05, 0.1) is 11.0 Å². The Labute approximate surface area is 156 Å². The number of ether oxygens (including phenoxy) is 2. The van der Waals surface area contributed by atoms with Gasteiger partial charge in [-0.3, -0.25) is 10.1 Å². The first-order chi connectivity index (χ1) is 12.7. The number of nitrogens with zero attached hydrogens (tertiary/aromatic N) is 3. The first-order valence-corrected chi connectivity index (χ1v) is 8.90. The number of hydrogen-bond acceptors (Lipinski definition) is 7. The fraction of sp³-hybridized carbons (Fsp3) is 0.556. The quantitative estimate of drug-likeness (QED) is 0.587. The summed E-state index contributed by atoms with van der Waals surface area (Å²) in [6, 6.07) is 4.03. The number of aromatic nitrogens is 1. The number of nitro groups is 1. The monoisotopic (exact) mass is 377 g/mol. The minimum absolute atomic E-state index is 0.0280. The number of oxazole rings is 1. The molecule has 1 aliphatic heterocycles. The molecule has 1 amide bonds. The summed E-state index contributed by atoms with van der Waals surface area (Å²) in [6.45, 7) is 6.32. The van der Waals surface area contributed by atoms with Crippen molar-refractivity contribution in [1.82, 2.24) is 9.88 Å². The third-order valence-electron chi connectivity index (χ3n) is 4.22. The summed E-state index contributed by atoms with van der Waals surface area (Å²) >= 11 is 0.